The van der Waals surface area contributed by atoms with E-state index in [-0.39, 0.29) is 5.95 Å². The fourth-order valence-corrected chi connectivity index (χ4v) is 3.61. The highest BCUT2D eigenvalue weighted by atomic mass is 32.2. The second kappa shape index (κ2) is 5.11. The Morgan fingerprint density at radius 3 is 2.64 bits per heavy atom. The summed E-state index contributed by atoms with van der Waals surface area (Å²) >= 11 is 0. The maximum Gasteiger partial charge on any atom is 0.223 e. The van der Waals surface area contributed by atoms with Crippen LogP contribution in [0.4, 0.5) is 11.8 Å². The highest BCUT2D eigenvalue weighted by Crippen LogP contribution is 2.30. The van der Waals surface area contributed by atoms with Crippen molar-refractivity contribution >= 4 is 32.8 Å². The van der Waals surface area contributed by atoms with Crippen LogP contribution in [0.5, 0.6) is 0 Å². The highest BCUT2D eigenvalue weighted by Gasteiger charge is 2.29. The molecule has 22 heavy (non-hydrogen) atoms. The summed E-state index contributed by atoms with van der Waals surface area (Å²) < 4.78 is 22.8. The van der Waals surface area contributed by atoms with E-state index >= 15 is 0 Å². The van der Waals surface area contributed by atoms with E-state index in [2.05, 4.69) is 21.0 Å². The molecule has 1 aliphatic rings. The van der Waals surface area contributed by atoms with E-state index in [9.17, 15) is 13.7 Å². The van der Waals surface area contributed by atoms with Crippen molar-refractivity contribution < 1.29 is 8.42 Å². The van der Waals surface area contributed by atoms with Gasteiger partial charge in [0.1, 0.15) is 17.5 Å². The van der Waals surface area contributed by atoms with E-state index in [0.717, 1.165) is 0 Å². The molecule has 5 N–H and O–H groups in total. The van der Waals surface area contributed by atoms with Crippen LogP contribution in [0.1, 0.15) is 18.4 Å². The van der Waals surface area contributed by atoms with Gasteiger partial charge in [-0.15, -0.1) is 0 Å². The Morgan fingerprint density at radius 2 is 2.05 bits per heavy atom. The van der Waals surface area contributed by atoms with Crippen LogP contribution in [0.3, 0.4) is 0 Å². The number of primary sulfonamides is 1. The third-order valence-electron chi connectivity index (χ3n) is 3.86. The number of nitrogen functional groups attached to an aromatic ring is 1. The van der Waals surface area contributed by atoms with Crippen LogP contribution in [0.25, 0.3) is 11.0 Å². The first-order valence-electron chi connectivity index (χ1n) is 6.71. The van der Waals surface area contributed by atoms with Crippen LogP contribution in [0.2, 0.25) is 0 Å². The molecule has 0 aromatic carbocycles. The standard InChI is InChI=1S/C12H15N7O2S/c13-5-7-6-16-10-9(7)11(18-12(14)17-10)19-3-1-8(2-4-19)22(15,20)21/h6,8H,1-4H2,(H2,15,20,21)(H3,14,16,17,18). The number of H-pyrrole nitrogens is 1. The third-order valence-corrected chi connectivity index (χ3v) is 5.26. The molecule has 9 nitrogen and oxygen atoms in total. The summed E-state index contributed by atoms with van der Waals surface area (Å²) in [7, 11) is -3.53. The zero-order chi connectivity index (χ0) is 15.9. The maximum atomic E-state index is 11.4. The normalized spacial score (nSPS) is 16.8. The van der Waals surface area contributed by atoms with Gasteiger partial charge in [-0.05, 0) is 12.8 Å². The van der Waals surface area contributed by atoms with Gasteiger partial charge in [0.05, 0.1) is 16.2 Å². The topological polar surface area (TPSA) is 155 Å². The lowest BCUT2D eigenvalue weighted by atomic mass is 10.1. The van der Waals surface area contributed by atoms with E-state index in [4.69, 9.17) is 10.9 Å². The van der Waals surface area contributed by atoms with Gasteiger partial charge in [-0.3, -0.25) is 0 Å². The molecule has 1 aliphatic heterocycles. The average molecular weight is 321 g/mol. The van der Waals surface area contributed by atoms with Gasteiger partial charge in [0.15, 0.2) is 0 Å². The molecule has 3 rings (SSSR count). The second-order valence-electron chi connectivity index (χ2n) is 5.22. The number of nitrogens with two attached hydrogens (primary N) is 2. The summed E-state index contributed by atoms with van der Waals surface area (Å²) in [6.07, 6.45) is 2.38. The molecule has 10 heteroatoms. The molecular weight excluding hydrogens is 306 g/mol. The molecule has 116 valence electrons. The lowest BCUT2D eigenvalue weighted by Crippen LogP contribution is -2.42. The van der Waals surface area contributed by atoms with Gasteiger partial charge in [0.2, 0.25) is 16.0 Å². The van der Waals surface area contributed by atoms with Gasteiger partial charge >= 0.3 is 0 Å². The van der Waals surface area contributed by atoms with Crippen molar-refractivity contribution in [3.63, 3.8) is 0 Å². The number of hydrogen-bond donors (Lipinski definition) is 3. The maximum absolute atomic E-state index is 11.4. The first-order chi connectivity index (χ1) is 10.4. The van der Waals surface area contributed by atoms with Gasteiger partial charge in [0, 0.05) is 19.3 Å². The van der Waals surface area contributed by atoms with Crippen LogP contribution < -0.4 is 15.8 Å². The number of aromatic amines is 1. The molecule has 0 bridgehead atoms. The number of nitrogens with zero attached hydrogens (tertiary/aromatic N) is 4. The SMILES string of the molecule is N#Cc1c[nH]c2nc(N)nc(N3CCC(S(N)(=O)=O)CC3)c12. The molecule has 1 saturated heterocycles. The van der Waals surface area contributed by atoms with E-state index in [1.54, 1.807) is 6.20 Å². The molecule has 0 spiro atoms. The number of fused-ring (bicyclic) bond motifs is 1. The van der Waals surface area contributed by atoms with Crippen LogP contribution in [-0.2, 0) is 10.0 Å². The summed E-state index contributed by atoms with van der Waals surface area (Å²) in [5.41, 5.74) is 6.63. The fraction of sp³-hybridized carbons (Fsp3) is 0.417. The number of aromatic nitrogens is 3. The molecule has 3 heterocycles. The van der Waals surface area contributed by atoms with E-state index in [1.165, 1.54) is 0 Å². The number of rotatable bonds is 2. The minimum Gasteiger partial charge on any atom is -0.368 e. The number of anilines is 2. The van der Waals surface area contributed by atoms with Crippen molar-refractivity contribution in [3.8, 4) is 6.07 Å². The van der Waals surface area contributed by atoms with E-state index in [0.29, 0.717) is 48.3 Å². The molecule has 0 unspecified atom stereocenters. The first-order valence-corrected chi connectivity index (χ1v) is 8.32. The molecule has 0 saturated carbocycles. The van der Waals surface area contributed by atoms with Crippen molar-refractivity contribution in [1.29, 1.82) is 5.26 Å². The number of sulfonamides is 1. The van der Waals surface area contributed by atoms with Gasteiger partial charge in [-0.2, -0.15) is 15.2 Å². The number of piperidine rings is 1. The fourth-order valence-electron chi connectivity index (χ4n) is 2.74. The first kappa shape index (κ1) is 14.6. The lowest BCUT2D eigenvalue weighted by Gasteiger charge is -2.32. The van der Waals surface area contributed by atoms with E-state index in [1.807, 2.05) is 4.90 Å². The average Bonchev–Trinajstić information content (AvgIpc) is 2.88. The Kier molecular flexibility index (Phi) is 3.38. The predicted octanol–water partition coefficient (Wildman–Crippen LogP) is -0.331. The van der Waals surface area contributed by atoms with Crippen molar-refractivity contribution in [1.82, 2.24) is 15.0 Å². The summed E-state index contributed by atoms with van der Waals surface area (Å²) in [6, 6.07) is 2.09. The van der Waals surface area contributed by atoms with Crippen molar-refractivity contribution in [2.24, 2.45) is 5.14 Å². The van der Waals surface area contributed by atoms with Gasteiger partial charge < -0.3 is 15.6 Å². The molecule has 2 aromatic heterocycles. The third kappa shape index (κ3) is 2.44. The number of hydrogen-bond acceptors (Lipinski definition) is 7. The predicted molar refractivity (Wildman–Crippen MR) is 81.4 cm³/mol. The smallest absolute Gasteiger partial charge is 0.223 e. The lowest BCUT2D eigenvalue weighted by molar-refractivity contribution is 0.529. The van der Waals surface area contributed by atoms with Crippen LogP contribution >= 0.6 is 0 Å². The van der Waals surface area contributed by atoms with Crippen molar-refractivity contribution in [2.45, 2.75) is 18.1 Å². The Bertz CT molecular complexity index is 859. The molecular formula is C12H15N7O2S. The minimum atomic E-state index is -3.53. The monoisotopic (exact) mass is 321 g/mol. The zero-order valence-electron chi connectivity index (χ0n) is 11.7. The number of nitriles is 1. The van der Waals surface area contributed by atoms with Gasteiger partial charge in [0.25, 0.3) is 0 Å². The zero-order valence-corrected chi connectivity index (χ0v) is 12.5. The summed E-state index contributed by atoms with van der Waals surface area (Å²) in [5.74, 6) is 0.649. The Hall–Kier alpha value is -2.38. The van der Waals surface area contributed by atoms with Crippen LogP contribution in [0, 0.1) is 11.3 Å². The molecule has 1 fully saturated rings. The Labute approximate surface area is 127 Å². The Morgan fingerprint density at radius 1 is 1.36 bits per heavy atom. The summed E-state index contributed by atoms with van der Waals surface area (Å²) in [5, 5.41) is 14.5. The van der Waals surface area contributed by atoms with Crippen LogP contribution in [-0.4, -0.2) is 41.7 Å². The highest BCUT2D eigenvalue weighted by molar-refractivity contribution is 7.89. The van der Waals surface area contributed by atoms with Gasteiger partial charge in [-0.25, -0.2) is 13.6 Å². The largest absolute Gasteiger partial charge is 0.368 e. The van der Waals surface area contributed by atoms with Gasteiger partial charge in [-0.1, -0.05) is 0 Å². The van der Waals surface area contributed by atoms with Crippen molar-refractivity contribution in [2.75, 3.05) is 23.7 Å². The molecule has 0 atom stereocenters. The summed E-state index contributed by atoms with van der Waals surface area (Å²) in [6.45, 7) is 0.950. The van der Waals surface area contributed by atoms with E-state index < -0.39 is 15.3 Å². The quantitative estimate of drug-likeness (QED) is 0.683. The molecule has 0 aliphatic carbocycles. The Balaban J connectivity index is 1.98. The molecule has 0 radical (unpaired) electrons. The van der Waals surface area contributed by atoms with Crippen LogP contribution in [0.15, 0.2) is 6.20 Å². The minimum absolute atomic E-state index is 0.0995. The molecule has 2 aromatic rings. The second-order valence-corrected chi connectivity index (χ2v) is 7.06. The molecule has 0 amide bonds. The van der Waals surface area contributed by atoms with Crippen molar-refractivity contribution in [3.05, 3.63) is 11.8 Å². The summed E-state index contributed by atoms with van der Waals surface area (Å²) in [4.78, 5) is 13.1. The number of nitrogens with one attached hydrogen (secondary N) is 1.